The lowest BCUT2D eigenvalue weighted by atomic mass is 10.1. The molecule has 0 spiro atoms. The Kier molecular flexibility index (Phi) is 4.31. The SMILES string of the molecule is CC(=O)c1ccccc1NCc1ccc(CO)cc1. The van der Waals surface area contributed by atoms with Gasteiger partial charge in [0.15, 0.2) is 5.78 Å². The fraction of sp³-hybridized carbons (Fsp3) is 0.188. The number of anilines is 1. The summed E-state index contributed by atoms with van der Waals surface area (Å²) in [6, 6.07) is 15.2. The fourth-order valence-electron chi connectivity index (χ4n) is 1.90. The summed E-state index contributed by atoms with van der Waals surface area (Å²) in [6.07, 6.45) is 0. The maximum atomic E-state index is 11.5. The van der Waals surface area contributed by atoms with E-state index in [2.05, 4.69) is 5.32 Å². The average Bonchev–Trinajstić information content (AvgIpc) is 2.46. The van der Waals surface area contributed by atoms with Crippen LogP contribution in [-0.2, 0) is 13.2 Å². The zero-order chi connectivity index (χ0) is 13.7. The van der Waals surface area contributed by atoms with Crippen molar-refractivity contribution >= 4 is 11.5 Å². The second kappa shape index (κ2) is 6.16. The van der Waals surface area contributed by atoms with Gasteiger partial charge in [0.05, 0.1) is 6.61 Å². The Morgan fingerprint density at radius 3 is 2.32 bits per heavy atom. The van der Waals surface area contributed by atoms with Gasteiger partial charge in [-0.25, -0.2) is 0 Å². The highest BCUT2D eigenvalue weighted by molar-refractivity contribution is 5.99. The fourth-order valence-corrected chi connectivity index (χ4v) is 1.90. The minimum Gasteiger partial charge on any atom is -0.392 e. The topological polar surface area (TPSA) is 49.3 Å². The van der Waals surface area contributed by atoms with Crippen molar-refractivity contribution in [3.63, 3.8) is 0 Å². The van der Waals surface area contributed by atoms with Gasteiger partial charge in [0.2, 0.25) is 0 Å². The summed E-state index contributed by atoms with van der Waals surface area (Å²) in [4.78, 5) is 11.5. The van der Waals surface area contributed by atoms with Crippen LogP contribution in [0.3, 0.4) is 0 Å². The molecule has 0 amide bonds. The molecule has 2 aromatic carbocycles. The van der Waals surface area contributed by atoms with E-state index in [9.17, 15) is 4.79 Å². The van der Waals surface area contributed by atoms with Crippen molar-refractivity contribution in [2.45, 2.75) is 20.1 Å². The zero-order valence-corrected chi connectivity index (χ0v) is 10.9. The van der Waals surface area contributed by atoms with Crippen molar-refractivity contribution in [3.8, 4) is 0 Å². The Morgan fingerprint density at radius 1 is 1.05 bits per heavy atom. The molecule has 3 nitrogen and oxygen atoms in total. The van der Waals surface area contributed by atoms with E-state index in [4.69, 9.17) is 5.11 Å². The number of benzene rings is 2. The maximum absolute atomic E-state index is 11.5. The van der Waals surface area contributed by atoms with Crippen molar-refractivity contribution < 1.29 is 9.90 Å². The maximum Gasteiger partial charge on any atom is 0.161 e. The van der Waals surface area contributed by atoms with E-state index in [1.165, 1.54) is 0 Å². The van der Waals surface area contributed by atoms with Gasteiger partial charge in [-0.05, 0) is 30.2 Å². The Hall–Kier alpha value is -2.13. The van der Waals surface area contributed by atoms with Gasteiger partial charge >= 0.3 is 0 Å². The normalized spacial score (nSPS) is 10.2. The lowest BCUT2D eigenvalue weighted by Gasteiger charge is -2.10. The van der Waals surface area contributed by atoms with E-state index in [1.54, 1.807) is 6.92 Å². The molecule has 0 fully saturated rings. The lowest BCUT2D eigenvalue weighted by molar-refractivity contribution is 0.101. The predicted octanol–water partition coefficient (Wildman–Crippen LogP) is 2.99. The van der Waals surface area contributed by atoms with Crippen LogP contribution in [0.5, 0.6) is 0 Å². The number of hydrogen-bond donors (Lipinski definition) is 2. The molecule has 3 heteroatoms. The summed E-state index contributed by atoms with van der Waals surface area (Å²) in [5, 5.41) is 12.2. The van der Waals surface area contributed by atoms with E-state index in [1.807, 2.05) is 48.5 Å². The Morgan fingerprint density at radius 2 is 1.68 bits per heavy atom. The number of Topliss-reactive ketones (excluding diaryl/α,β-unsaturated/α-hetero) is 1. The van der Waals surface area contributed by atoms with Crippen molar-refractivity contribution in [1.29, 1.82) is 0 Å². The molecule has 19 heavy (non-hydrogen) atoms. The first-order valence-corrected chi connectivity index (χ1v) is 6.23. The molecular formula is C16H17NO2. The molecule has 2 rings (SSSR count). The van der Waals surface area contributed by atoms with Crippen molar-refractivity contribution in [3.05, 3.63) is 65.2 Å². The van der Waals surface area contributed by atoms with E-state index >= 15 is 0 Å². The predicted molar refractivity (Wildman–Crippen MR) is 76.1 cm³/mol. The summed E-state index contributed by atoms with van der Waals surface area (Å²) in [6.45, 7) is 2.27. The molecule has 0 aromatic heterocycles. The third kappa shape index (κ3) is 3.42. The average molecular weight is 255 g/mol. The molecule has 2 aromatic rings. The number of rotatable bonds is 5. The number of para-hydroxylation sites is 1. The van der Waals surface area contributed by atoms with Crippen LogP contribution in [0.2, 0.25) is 0 Å². The van der Waals surface area contributed by atoms with Gasteiger partial charge in [0.1, 0.15) is 0 Å². The zero-order valence-electron chi connectivity index (χ0n) is 10.9. The van der Waals surface area contributed by atoms with Gasteiger partial charge < -0.3 is 10.4 Å². The van der Waals surface area contributed by atoms with Gasteiger partial charge in [-0.3, -0.25) is 4.79 Å². The smallest absolute Gasteiger partial charge is 0.161 e. The highest BCUT2D eigenvalue weighted by Gasteiger charge is 2.05. The first-order valence-electron chi connectivity index (χ1n) is 6.23. The van der Waals surface area contributed by atoms with Crippen LogP contribution in [0.15, 0.2) is 48.5 Å². The molecule has 0 aliphatic rings. The van der Waals surface area contributed by atoms with Gasteiger partial charge in [-0.1, -0.05) is 36.4 Å². The lowest BCUT2D eigenvalue weighted by Crippen LogP contribution is -2.04. The first-order chi connectivity index (χ1) is 9.20. The number of ketones is 1. The van der Waals surface area contributed by atoms with Crippen LogP contribution in [0.25, 0.3) is 0 Å². The van der Waals surface area contributed by atoms with Crippen molar-refractivity contribution in [1.82, 2.24) is 0 Å². The van der Waals surface area contributed by atoms with Crippen LogP contribution >= 0.6 is 0 Å². The quantitative estimate of drug-likeness (QED) is 0.807. The molecular weight excluding hydrogens is 238 g/mol. The third-order valence-electron chi connectivity index (χ3n) is 2.99. The van der Waals surface area contributed by atoms with Crippen LogP contribution in [0.4, 0.5) is 5.69 Å². The molecule has 0 atom stereocenters. The molecule has 0 saturated carbocycles. The van der Waals surface area contributed by atoms with Crippen LogP contribution in [0, 0.1) is 0 Å². The van der Waals surface area contributed by atoms with Gasteiger partial charge in [0.25, 0.3) is 0 Å². The van der Waals surface area contributed by atoms with E-state index in [0.29, 0.717) is 12.1 Å². The Bertz CT molecular complexity index is 561. The summed E-state index contributed by atoms with van der Waals surface area (Å²) in [7, 11) is 0. The molecule has 0 radical (unpaired) electrons. The van der Waals surface area contributed by atoms with Crippen molar-refractivity contribution in [2.75, 3.05) is 5.32 Å². The Balaban J connectivity index is 2.07. The monoisotopic (exact) mass is 255 g/mol. The summed E-state index contributed by atoms with van der Waals surface area (Å²) >= 11 is 0. The van der Waals surface area contributed by atoms with Gasteiger partial charge in [-0.2, -0.15) is 0 Å². The minimum absolute atomic E-state index is 0.0544. The number of hydrogen-bond acceptors (Lipinski definition) is 3. The molecule has 2 N–H and O–H groups in total. The summed E-state index contributed by atoms with van der Waals surface area (Å²) < 4.78 is 0. The molecule has 98 valence electrons. The number of aliphatic hydroxyl groups is 1. The second-order valence-electron chi connectivity index (χ2n) is 4.43. The number of nitrogens with one attached hydrogen (secondary N) is 1. The van der Waals surface area contributed by atoms with E-state index in [0.717, 1.165) is 16.8 Å². The molecule has 0 aliphatic carbocycles. The highest BCUT2D eigenvalue weighted by Crippen LogP contribution is 2.16. The van der Waals surface area contributed by atoms with Gasteiger partial charge in [-0.15, -0.1) is 0 Å². The molecule has 0 saturated heterocycles. The molecule has 0 aliphatic heterocycles. The van der Waals surface area contributed by atoms with Crippen LogP contribution < -0.4 is 5.32 Å². The van der Waals surface area contributed by atoms with Crippen LogP contribution in [0.1, 0.15) is 28.4 Å². The standard InChI is InChI=1S/C16H17NO2/c1-12(19)15-4-2-3-5-16(15)17-10-13-6-8-14(11-18)9-7-13/h2-9,17-18H,10-11H2,1H3. The van der Waals surface area contributed by atoms with E-state index < -0.39 is 0 Å². The van der Waals surface area contributed by atoms with Crippen molar-refractivity contribution in [2.24, 2.45) is 0 Å². The molecule has 0 unspecified atom stereocenters. The minimum atomic E-state index is 0.0544. The highest BCUT2D eigenvalue weighted by atomic mass is 16.3. The van der Waals surface area contributed by atoms with Crippen LogP contribution in [-0.4, -0.2) is 10.9 Å². The number of carbonyl (C=O) groups is 1. The summed E-state index contributed by atoms with van der Waals surface area (Å²) in [5.74, 6) is 0.0544. The first kappa shape index (κ1) is 13.3. The number of aliphatic hydroxyl groups excluding tert-OH is 1. The van der Waals surface area contributed by atoms with E-state index in [-0.39, 0.29) is 12.4 Å². The summed E-state index contributed by atoms with van der Waals surface area (Å²) in [5.41, 5.74) is 3.55. The third-order valence-corrected chi connectivity index (χ3v) is 2.99. The second-order valence-corrected chi connectivity index (χ2v) is 4.43. The largest absolute Gasteiger partial charge is 0.392 e. The Labute approximate surface area is 112 Å². The number of carbonyl (C=O) groups excluding carboxylic acids is 1. The van der Waals surface area contributed by atoms with Gasteiger partial charge in [0, 0.05) is 17.8 Å². The molecule has 0 heterocycles. The molecule has 0 bridgehead atoms.